The van der Waals surface area contributed by atoms with Gasteiger partial charge < -0.3 is 9.88 Å². The Labute approximate surface area is 118 Å². The van der Waals surface area contributed by atoms with Crippen molar-refractivity contribution < 1.29 is 4.79 Å². The van der Waals surface area contributed by atoms with Crippen molar-refractivity contribution in [2.24, 2.45) is 7.05 Å². The number of nitrogens with one attached hydrogen (secondary N) is 1. The molecule has 0 radical (unpaired) electrons. The molecule has 0 bridgehead atoms. The maximum absolute atomic E-state index is 11.9. The molecule has 1 aromatic heterocycles. The van der Waals surface area contributed by atoms with Gasteiger partial charge in [-0.15, -0.1) is 0 Å². The molecule has 2 rings (SSSR count). The molecule has 0 atom stereocenters. The molecule has 0 amide bonds. The molecular weight excluding hydrogens is 310 g/mol. The minimum absolute atomic E-state index is 0.00282. The monoisotopic (exact) mass is 321 g/mol. The van der Waals surface area contributed by atoms with Crippen LogP contribution in [0.15, 0.2) is 39.9 Å². The van der Waals surface area contributed by atoms with Crippen LogP contribution in [-0.2, 0) is 7.05 Å². The number of benzene rings is 1. The number of carbonyl (C=O) groups is 1. The number of hydrogen-bond donors (Lipinski definition) is 1. The Hall–Kier alpha value is -1.95. The number of aromatic nitrogens is 2. The largest absolute Gasteiger partial charge is 0.336 e. The average Bonchev–Trinajstić information content (AvgIpc) is 2.36. The second kappa shape index (κ2) is 5.36. The molecule has 6 heteroatoms. The highest BCUT2D eigenvalue weighted by atomic mass is 79.9. The van der Waals surface area contributed by atoms with Crippen LogP contribution in [-0.4, -0.2) is 15.3 Å². The highest BCUT2D eigenvalue weighted by Gasteiger charge is 2.06. The van der Waals surface area contributed by atoms with E-state index in [1.807, 2.05) is 0 Å². The van der Waals surface area contributed by atoms with Gasteiger partial charge in [-0.2, -0.15) is 0 Å². The first-order valence-corrected chi connectivity index (χ1v) is 6.38. The third kappa shape index (κ3) is 3.08. The maximum Gasteiger partial charge on any atom is 0.293 e. The van der Waals surface area contributed by atoms with Gasteiger partial charge in [0.2, 0.25) is 0 Å². The van der Waals surface area contributed by atoms with Gasteiger partial charge >= 0.3 is 0 Å². The van der Waals surface area contributed by atoms with E-state index < -0.39 is 0 Å². The third-order valence-corrected chi connectivity index (χ3v) is 2.98. The van der Waals surface area contributed by atoms with Gasteiger partial charge in [0.15, 0.2) is 11.6 Å². The maximum atomic E-state index is 11.9. The van der Waals surface area contributed by atoms with E-state index in [-0.39, 0.29) is 17.2 Å². The fourth-order valence-electron chi connectivity index (χ4n) is 1.58. The number of carbonyl (C=O) groups excluding carboxylic acids is 1. The summed E-state index contributed by atoms with van der Waals surface area (Å²) in [5.74, 6) is 0.232. The first-order chi connectivity index (χ1) is 8.97. The Morgan fingerprint density at radius 2 is 1.95 bits per heavy atom. The molecule has 1 aromatic carbocycles. The Bertz CT molecular complexity index is 677. The summed E-state index contributed by atoms with van der Waals surface area (Å²) >= 11 is 3.24. The van der Waals surface area contributed by atoms with E-state index in [1.165, 1.54) is 11.5 Å². The third-order valence-electron chi connectivity index (χ3n) is 2.60. The average molecular weight is 322 g/mol. The molecule has 0 aliphatic rings. The van der Waals surface area contributed by atoms with Gasteiger partial charge in [-0.05, 0) is 47.1 Å². The van der Waals surface area contributed by atoms with Crippen LogP contribution in [0.25, 0.3) is 0 Å². The van der Waals surface area contributed by atoms with E-state index in [1.54, 1.807) is 37.5 Å². The van der Waals surface area contributed by atoms with E-state index in [0.29, 0.717) is 15.9 Å². The summed E-state index contributed by atoms with van der Waals surface area (Å²) in [4.78, 5) is 27.1. The molecule has 2 aromatic rings. The number of Topliss-reactive ketones (excluding diaryl/α,β-unsaturated/α-hetero) is 1. The summed E-state index contributed by atoms with van der Waals surface area (Å²) in [6, 6.07) is 6.87. The van der Waals surface area contributed by atoms with Gasteiger partial charge in [0.1, 0.15) is 4.60 Å². The summed E-state index contributed by atoms with van der Waals surface area (Å²) in [5.41, 5.74) is 1.10. The molecule has 98 valence electrons. The van der Waals surface area contributed by atoms with Crippen LogP contribution in [0.5, 0.6) is 0 Å². The molecule has 0 spiro atoms. The zero-order valence-corrected chi connectivity index (χ0v) is 12.1. The number of aryl methyl sites for hydroxylation is 1. The molecule has 1 heterocycles. The molecule has 0 unspecified atom stereocenters. The van der Waals surface area contributed by atoms with Crippen molar-refractivity contribution in [3.63, 3.8) is 0 Å². The molecule has 0 aliphatic carbocycles. The van der Waals surface area contributed by atoms with Crippen molar-refractivity contribution in [2.45, 2.75) is 6.92 Å². The van der Waals surface area contributed by atoms with E-state index >= 15 is 0 Å². The Morgan fingerprint density at radius 3 is 2.53 bits per heavy atom. The van der Waals surface area contributed by atoms with Crippen LogP contribution in [0.2, 0.25) is 0 Å². The zero-order valence-electron chi connectivity index (χ0n) is 10.5. The Morgan fingerprint density at radius 1 is 1.32 bits per heavy atom. The lowest BCUT2D eigenvalue weighted by molar-refractivity contribution is 0.101. The molecule has 0 fully saturated rings. The summed E-state index contributed by atoms with van der Waals surface area (Å²) in [7, 11) is 1.65. The molecule has 5 nitrogen and oxygen atoms in total. The standard InChI is InChI=1S/C13H12BrN3O2/c1-8(18)9-3-5-10(6-4-9)15-12-13(19)17(2)7-11(14)16-12/h3-7H,1-2H3,(H,15,16). The number of hydrogen-bond acceptors (Lipinski definition) is 4. The molecule has 0 saturated carbocycles. The predicted octanol–water partition coefficient (Wildman–Crippen LogP) is 2.49. The molecule has 1 N–H and O–H groups in total. The van der Waals surface area contributed by atoms with E-state index in [0.717, 1.165) is 0 Å². The van der Waals surface area contributed by atoms with E-state index in [2.05, 4.69) is 26.2 Å². The molecular formula is C13H12BrN3O2. The Kier molecular flexibility index (Phi) is 3.80. The fourth-order valence-corrected chi connectivity index (χ4v) is 2.06. The van der Waals surface area contributed by atoms with Gasteiger partial charge in [0, 0.05) is 24.5 Å². The Balaban J connectivity index is 2.31. The first kappa shape index (κ1) is 13.5. The van der Waals surface area contributed by atoms with Crippen LogP contribution < -0.4 is 10.9 Å². The van der Waals surface area contributed by atoms with Crippen molar-refractivity contribution in [2.75, 3.05) is 5.32 Å². The van der Waals surface area contributed by atoms with E-state index in [9.17, 15) is 9.59 Å². The van der Waals surface area contributed by atoms with Crippen LogP contribution in [0, 0.1) is 0 Å². The van der Waals surface area contributed by atoms with Gasteiger partial charge in [0.05, 0.1) is 0 Å². The van der Waals surface area contributed by atoms with Crippen molar-refractivity contribution >= 4 is 33.2 Å². The fraction of sp³-hybridized carbons (Fsp3) is 0.154. The molecule has 0 aliphatic heterocycles. The van der Waals surface area contributed by atoms with Crippen LogP contribution >= 0.6 is 15.9 Å². The van der Waals surface area contributed by atoms with Crippen molar-refractivity contribution in [1.82, 2.24) is 9.55 Å². The van der Waals surface area contributed by atoms with Crippen molar-refractivity contribution in [3.8, 4) is 0 Å². The second-order valence-electron chi connectivity index (χ2n) is 4.09. The van der Waals surface area contributed by atoms with Crippen LogP contribution in [0.4, 0.5) is 11.5 Å². The summed E-state index contributed by atoms with van der Waals surface area (Å²) in [6.07, 6.45) is 1.59. The minimum atomic E-state index is -0.223. The van der Waals surface area contributed by atoms with Gasteiger partial charge in [-0.25, -0.2) is 4.98 Å². The highest BCUT2D eigenvalue weighted by Crippen LogP contribution is 2.14. The quantitative estimate of drug-likeness (QED) is 0.882. The summed E-state index contributed by atoms with van der Waals surface area (Å²) < 4.78 is 2.00. The van der Waals surface area contributed by atoms with Crippen LogP contribution in [0.3, 0.4) is 0 Å². The number of ketones is 1. The topological polar surface area (TPSA) is 64.0 Å². The van der Waals surface area contributed by atoms with Crippen LogP contribution in [0.1, 0.15) is 17.3 Å². The lowest BCUT2D eigenvalue weighted by Crippen LogP contribution is -2.21. The van der Waals surface area contributed by atoms with Gasteiger partial charge in [-0.1, -0.05) is 0 Å². The smallest absolute Gasteiger partial charge is 0.293 e. The number of rotatable bonds is 3. The normalized spacial score (nSPS) is 10.3. The van der Waals surface area contributed by atoms with Crippen molar-refractivity contribution in [3.05, 3.63) is 51.0 Å². The summed E-state index contributed by atoms with van der Waals surface area (Å²) in [6.45, 7) is 1.51. The summed E-state index contributed by atoms with van der Waals surface area (Å²) in [5, 5.41) is 2.93. The number of halogens is 1. The minimum Gasteiger partial charge on any atom is -0.336 e. The molecule has 19 heavy (non-hydrogen) atoms. The lowest BCUT2D eigenvalue weighted by Gasteiger charge is -2.07. The predicted molar refractivity (Wildman–Crippen MR) is 76.9 cm³/mol. The number of nitrogens with zero attached hydrogens (tertiary/aromatic N) is 2. The van der Waals surface area contributed by atoms with Gasteiger partial charge in [0.25, 0.3) is 5.56 Å². The van der Waals surface area contributed by atoms with Crippen molar-refractivity contribution in [1.29, 1.82) is 0 Å². The zero-order chi connectivity index (χ0) is 14.0. The highest BCUT2D eigenvalue weighted by molar-refractivity contribution is 9.10. The first-order valence-electron chi connectivity index (χ1n) is 5.58. The SMILES string of the molecule is CC(=O)c1ccc(Nc2nc(Br)cn(C)c2=O)cc1. The second-order valence-corrected chi connectivity index (χ2v) is 4.90. The van der Waals surface area contributed by atoms with Gasteiger partial charge in [-0.3, -0.25) is 9.59 Å². The lowest BCUT2D eigenvalue weighted by atomic mass is 10.1. The number of anilines is 2. The molecule has 0 saturated heterocycles. The van der Waals surface area contributed by atoms with E-state index in [4.69, 9.17) is 0 Å².